The zero-order valence-electron chi connectivity index (χ0n) is 11.9. The smallest absolute Gasteiger partial charge is 0.00680 e. The summed E-state index contributed by atoms with van der Waals surface area (Å²) in [5, 5.41) is 3.62. The first-order valence-electron chi connectivity index (χ1n) is 8.37. The molecular formula is C16H30N2. The summed E-state index contributed by atoms with van der Waals surface area (Å²) in [6.45, 7) is 5.43. The Morgan fingerprint density at radius 2 is 1.83 bits per heavy atom. The van der Waals surface area contributed by atoms with E-state index < -0.39 is 0 Å². The third kappa shape index (κ3) is 3.27. The van der Waals surface area contributed by atoms with Gasteiger partial charge in [0.15, 0.2) is 0 Å². The maximum absolute atomic E-state index is 3.62. The highest BCUT2D eigenvalue weighted by Gasteiger charge is 2.30. The summed E-state index contributed by atoms with van der Waals surface area (Å²) < 4.78 is 0. The van der Waals surface area contributed by atoms with Crippen LogP contribution >= 0.6 is 0 Å². The van der Waals surface area contributed by atoms with E-state index in [4.69, 9.17) is 0 Å². The first-order valence-corrected chi connectivity index (χ1v) is 8.37. The van der Waals surface area contributed by atoms with Gasteiger partial charge in [0.2, 0.25) is 0 Å². The number of hydrogen-bond donors (Lipinski definition) is 1. The summed E-state index contributed by atoms with van der Waals surface area (Å²) in [6, 6.07) is 0.845. The van der Waals surface area contributed by atoms with Gasteiger partial charge >= 0.3 is 0 Å². The summed E-state index contributed by atoms with van der Waals surface area (Å²) in [5.41, 5.74) is 0. The number of hydrogen-bond acceptors (Lipinski definition) is 2. The molecule has 1 saturated carbocycles. The van der Waals surface area contributed by atoms with E-state index in [1.807, 2.05) is 0 Å². The van der Waals surface area contributed by atoms with Crippen LogP contribution in [0, 0.1) is 11.8 Å². The van der Waals surface area contributed by atoms with E-state index in [1.165, 1.54) is 84.0 Å². The second kappa shape index (κ2) is 6.38. The van der Waals surface area contributed by atoms with Crippen LogP contribution in [0.1, 0.15) is 57.8 Å². The number of rotatable bonds is 4. The van der Waals surface area contributed by atoms with Crippen LogP contribution < -0.4 is 5.32 Å². The predicted molar refractivity (Wildman–Crippen MR) is 76.8 cm³/mol. The zero-order valence-corrected chi connectivity index (χ0v) is 11.9. The molecule has 3 fully saturated rings. The Labute approximate surface area is 113 Å². The fourth-order valence-electron chi connectivity index (χ4n) is 4.44. The van der Waals surface area contributed by atoms with Crippen LogP contribution in [-0.4, -0.2) is 37.1 Å². The van der Waals surface area contributed by atoms with Crippen LogP contribution in [0.15, 0.2) is 0 Å². The van der Waals surface area contributed by atoms with Crippen LogP contribution in [0.3, 0.4) is 0 Å². The Hall–Kier alpha value is -0.0800. The van der Waals surface area contributed by atoms with Crippen molar-refractivity contribution in [2.24, 2.45) is 11.8 Å². The molecule has 0 radical (unpaired) electrons. The lowest BCUT2D eigenvalue weighted by molar-refractivity contribution is 0.0853. The number of likely N-dealkylation sites (tertiary alicyclic amines) is 1. The van der Waals surface area contributed by atoms with Crippen molar-refractivity contribution in [3.05, 3.63) is 0 Å². The first kappa shape index (κ1) is 12.9. The minimum atomic E-state index is 0.845. The molecule has 2 aliphatic heterocycles. The Morgan fingerprint density at radius 3 is 2.67 bits per heavy atom. The molecule has 18 heavy (non-hydrogen) atoms. The van der Waals surface area contributed by atoms with E-state index in [0.29, 0.717) is 0 Å². The van der Waals surface area contributed by atoms with Gasteiger partial charge in [-0.3, -0.25) is 0 Å². The third-order valence-electron chi connectivity index (χ3n) is 5.56. The standard InChI is InChI=1S/C16H30N2/c1-2-6-15-13-18(12-9-14(15)5-1)11-4-8-16-7-3-10-17-16/h14-17H,1-13H2. The van der Waals surface area contributed by atoms with E-state index in [-0.39, 0.29) is 0 Å². The number of fused-ring (bicyclic) bond motifs is 1. The lowest BCUT2D eigenvalue weighted by Crippen LogP contribution is -2.42. The molecule has 0 amide bonds. The number of nitrogens with zero attached hydrogens (tertiary/aromatic N) is 1. The Bertz CT molecular complexity index is 247. The molecule has 2 nitrogen and oxygen atoms in total. The maximum atomic E-state index is 3.62. The second-order valence-corrected chi connectivity index (χ2v) is 6.83. The highest BCUT2D eigenvalue weighted by atomic mass is 15.1. The van der Waals surface area contributed by atoms with Gasteiger partial charge in [-0.1, -0.05) is 19.3 Å². The summed E-state index contributed by atoms with van der Waals surface area (Å²) >= 11 is 0. The molecule has 2 heterocycles. The lowest BCUT2D eigenvalue weighted by Gasteiger charge is -2.41. The fraction of sp³-hybridized carbons (Fsp3) is 1.00. The van der Waals surface area contributed by atoms with Crippen LogP contribution in [0.25, 0.3) is 0 Å². The molecule has 3 atom stereocenters. The molecule has 104 valence electrons. The van der Waals surface area contributed by atoms with Gasteiger partial charge in [0, 0.05) is 12.6 Å². The van der Waals surface area contributed by atoms with Gasteiger partial charge in [-0.2, -0.15) is 0 Å². The molecule has 0 spiro atoms. The monoisotopic (exact) mass is 250 g/mol. The average Bonchev–Trinajstić information content (AvgIpc) is 2.92. The number of nitrogens with one attached hydrogen (secondary N) is 1. The number of piperidine rings is 1. The van der Waals surface area contributed by atoms with E-state index >= 15 is 0 Å². The van der Waals surface area contributed by atoms with Crippen molar-refractivity contribution in [3.8, 4) is 0 Å². The molecule has 0 aromatic carbocycles. The SMILES string of the molecule is C1CNC(CCCN2CCC3CCCCC3C2)C1. The van der Waals surface area contributed by atoms with Gasteiger partial charge in [-0.25, -0.2) is 0 Å². The third-order valence-corrected chi connectivity index (χ3v) is 5.56. The Balaban J connectivity index is 1.35. The van der Waals surface area contributed by atoms with Crippen molar-refractivity contribution >= 4 is 0 Å². The summed E-state index contributed by atoms with van der Waals surface area (Å²) in [4.78, 5) is 2.77. The minimum Gasteiger partial charge on any atom is -0.314 e. The van der Waals surface area contributed by atoms with Crippen molar-refractivity contribution in [2.75, 3.05) is 26.2 Å². The molecular weight excluding hydrogens is 220 g/mol. The van der Waals surface area contributed by atoms with Crippen molar-refractivity contribution in [3.63, 3.8) is 0 Å². The molecule has 3 rings (SSSR count). The molecule has 1 N–H and O–H groups in total. The van der Waals surface area contributed by atoms with E-state index in [0.717, 1.165) is 17.9 Å². The molecule has 0 aromatic heterocycles. The van der Waals surface area contributed by atoms with Crippen LogP contribution in [0.4, 0.5) is 0 Å². The van der Waals surface area contributed by atoms with Gasteiger partial charge in [0.05, 0.1) is 0 Å². The molecule has 1 aliphatic carbocycles. The first-order chi connectivity index (χ1) is 8.92. The van der Waals surface area contributed by atoms with Gasteiger partial charge in [-0.15, -0.1) is 0 Å². The van der Waals surface area contributed by atoms with Crippen LogP contribution in [-0.2, 0) is 0 Å². The van der Waals surface area contributed by atoms with E-state index in [1.54, 1.807) is 0 Å². The zero-order chi connectivity index (χ0) is 12.2. The molecule has 2 heteroatoms. The Kier molecular flexibility index (Phi) is 4.58. The van der Waals surface area contributed by atoms with Crippen molar-refractivity contribution in [1.82, 2.24) is 10.2 Å². The van der Waals surface area contributed by atoms with Gasteiger partial charge in [0.25, 0.3) is 0 Å². The Morgan fingerprint density at radius 1 is 0.944 bits per heavy atom. The van der Waals surface area contributed by atoms with Crippen molar-refractivity contribution < 1.29 is 0 Å². The van der Waals surface area contributed by atoms with Gasteiger partial charge in [-0.05, 0) is 70.0 Å². The second-order valence-electron chi connectivity index (χ2n) is 6.83. The average molecular weight is 250 g/mol. The normalized spacial score (nSPS) is 37.7. The van der Waals surface area contributed by atoms with Gasteiger partial charge in [0.1, 0.15) is 0 Å². The summed E-state index contributed by atoms with van der Waals surface area (Å²) in [7, 11) is 0. The molecule has 2 saturated heterocycles. The van der Waals surface area contributed by atoms with E-state index in [9.17, 15) is 0 Å². The lowest BCUT2D eigenvalue weighted by atomic mass is 9.75. The molecule has 0 aromatic rings. The van der Waals surface area contributed by atoms with Crippen molar-refractivity contribution in [1.29, 1.82) is 0 Å². The predicted octanol–water partition coefficient (Wildman–Crippen LogP) is 3.03. The fourth-order valence-corrected chi connectivity index (χ4v) is 4.44. The highest BCUT2D eigenvalue weighted by Crippen LogP contribution is 2.36. The van der Waals surface area contributed by atoms with E-state index in [2.05, 4.69) is 10.2 Å². The van der Waals surface area contributed by atoms with Gasteiger partial charge < -0.3 is 10.2 Å². The maximum Gasteiger partial charge on any atom is 0.00680 e. The quantitative estimate of drug-likeness (QED) is 0.825. The van der Waals surface area contributed by atoms with Crippen LogP contribution in [0.2, 0.25) is 0 Å². The highest BCUT2D eigenvalue weighted by molar-refractivity contribution is 4.83. The minimum absolute atomic E-state index is 0.845. The summed E-state index contributed by atoms with van der Waals surface area (Å²) in [6.07, 6.45) is 13.2. The molecule has 3 aliphatic rings. The van der Waals surface area contributed by atoms with Crippen LogP contribution in [0.5, 0.6) is 0 Å². The summed E-state index contributed by atoms with van der Waals surface area (Å²) in [5.74, 6) is 2.14. The topological polar surface area (TPSA) is 15.3 Å². The largest absolute Gasteiger partial charge is 0.314 e. The molecule has 0 bridgehead atoms. The van der Waals surface area contributed by atoms with Crippen molar-refractivity contribution in [2.45, 2.75) is 63.8 Å². The molecule has 3 unspecified atom stereocenters.